The molecule has 0 aliphatic carbocycles. The Balaban J connectivity index is 1.82. The van der Waals surface area contributed by atoms with Gasteiger partial charge >= 0.3 is 0 Å². The van der Waals surface area contributed by atoms with Crippen LogP contribution in [0.1, 0.15) is 6.42 Å². The van der Waals surface area contributed by atoms with Gasteiger partial charge in [-0.15, -0.1) is 0 Å². The largest absolute Gasteiger partial charge is 0.497 e. The van der Waals surface area contributed by atoms with Crippen molar-refractivity contribution in [3.8, 4) is 5.75 Å². The first-order valence-corrected chi connectivity index (χ1v) is 6.03. The van der Waals surface area contributed by atoms with Gasteiger partial charge in [0.2, 0.25) is 5.91 Å². The number of rotatable bonds is 4. The van der Waals surface area contributed by atoms with E-state index in [1.807, 2.05) is 24.3 Å². The normalized spacial score (nSPS) is 19.3. The Morgan fingerprint density at radius 3 is 2.89 bits per heavy atom. The van der Waals surface area contributed by atoms with Gasteiger partial charge in [-0.1, -0.05) is 0 Å². The number of hydrogen-bond donors (Lipinski definition) is 2. The molecule has 0 radical (unpaired) electrons. The van der Waals surface area contributed by atoms with Crippen molar-refractivity contribution in [2.24, 2.45) is 0 Å². The number of anilines is 1. The Morgan fingerprint density at radius 1 is 1.50 bits per heavy atom. The van der Waals surface area contributed by atoms with Crippen molar-refractivity contribution in [1.82, 2.24) is 5.32 Å². The number of amides is 1. The molecule has 0 saturated carbocycles. The second-order valence-electron chi connectivity index (χ2n) is 4.21. The van der Waals surface area contributed by atoms with Crippen molar-refractivity contribution in [3.05, 3.63) is 24.3 Å². The van der Waals surface area contributed by atoms with Crippen molar-refractivity contribution in [3.63, 3.8) is 0 Å². The van der Waals surface area contributed by atoms with E-state index in [9.17, 15) is 4.79 Å². The first-order valence-electron chi connectivity index (χ1n) is 6.03. The van der Waals surface area contributed by atoms with E-state index in [2.05, 4.69) is 10.6 Å². The average Bonchev–Trinajstić information content (AvgIpc) is 2.40. The third-order valence-electron chi connectivity index (χ3n) is 2.80. The maximum Gasteiger partial charge on any atom is 0.226 e. The van der Waals surface area contributed by atoms with Gasteiger partial charge in [-0.25, -0.2) is 0 Å². The van der Waals surface area contributed by atoms with E-state index in [4.69, 9.17) is 9.47 Å². The molecule has 1 heterocycles. The minimum atomic E-state index is -0.0110. The van der Waals surface area contributed by atoms with E-state index in [0.29, 0.717) is 13.0 Å². The Labute approximate surface area is 106 Å². The molecule has 0 bridgehead atoms. The molecule has 2 rings (SSSR count). The van der Waals surface area contributed by atoms with Crippen LogP contribution in [0.4, 0.5) is 5.69 Å². The number of carbonyl (C=O) groups is 1. The molecule has 98 valence electrons. The highest BCUT2D eigenvalue weighted by Crippen LogP contribution is 2.15. The summed E-state index contributed by atoms with van der Waals surface area (Å²) in [6.45, 7) is 2.12. The predicted octanol–water partition coefficient (Wildman–Crippen LogP) is 1.01. The number of morpholine rings is 1. The van der Waals surface area contributed by atoms with Gasteiger partial charge in [0.15, 0.2) is 0 Å². The molecule has 1 aliphatic heterocycles. The zero-order valence-electron chi connectivity index (χ0n) is 10.4. The van der Waals surface area contributed by atoms with E-state index in [0.717, 1.165) is 24.6 Å². The summed E-state index contributed by atoms with van der Waals surface area (Å²) in [5.41, 5.74) is 0.775. The maximum absolute atomic E-state index is 11.8. The zero-order valence-corrected chi connectivity index (χ0v) is 10.4. The molecule has 1 unspecified atom stereocenters. The van der Waals surface area contributed by atoms with Crippen LogP contribution in [0.15, 0.2) is 24.3 Å². The van der Waals surface area contributed by atoms with Gasteiger partial charge in [0.25, 0.3) is 0 Å². The van der Waals surface area contributed by atoms with Crippen LogP contribution in [0.25, 0.3) is 0 Å². The van der Waals surface area contributed by atoms with Crippen molar-refractivity contribution in [1.29, 1.82) is 0 Å². The fourth-order valence-corrected chi connectivity index (χ4v) is 1.86. The smallest absolute Gasteiger partial charge is 0.226 e. The molecule has 18 heavy (non-hydrogen) atoms. The Kier molecular flexibility index (Phi) is 4.55. The van der Waals surface area contributed by atoms with Gasteiger partial charge in [0.05, 0.1) is 20.3 Å². The summed E-state index contributed by atoms with van der Waals surface area (Å²) in [5, 5.41) is 6.10. The number of ether oxygens (including phenoxy) is 2. The predicted molar refractivity (Wildman–Crippen MR) is 68.9 cm³/mol. The minimum absolute atomic E-state index is 0.0110. The highest BCUT2D eigenvalue weighted by Gasteiger charge is 2.16. The number of benzene rings is 1. The summed E-state index contributed by atoms with van der Waals surface area (Å²) in [7, 11) is 1.61. The van der Waals surface area contributed by atoms with Gasteiger partial charge in [0, 0.05) is 24.7 Å². The number of hydrogen-bond acceptors (Lipinski definition) is 4. The van der Waals surface area contributed by atoms with Crippen LogP contribution in [0.5, 0.6) is 5.75 Å². The van der Waals surface area contributed by atoms with Crippen molar-refractivity contribution in [2.75, 3.05) is 32.2 Å². The van der Waals surface area contributed by atoms with E-state index >= 15 is 0 Å². The summed E-state index contributed by atoms with van der Waals surface area (Å²) < 4.78 is 10.4. The standard InChI is InChI=1S/C13H18N2O3/c1-17-12-4-2-10(3-5-12)15-13(16)8-11-9-18-7-6-14-11/h2-5,11,14H,6-9H2,1H3,(H,15,16). The van der Waals surface area contributed by atoms with Crippen LogP contribution >= 0.6 is 0 Å². The molecule has 1 fully saturated rings. The van der Waals surface area contributed by atoms with Crippen LogP contribution in [-0.4, -0.2) is 38.8 Å². The fraction of sp³-hybridized carbons (Fsp3) is 0.462. The maximum atomic E-state index is 11.8. The van der Waals surface area contributed by atoms with Crippen LogP contribution < -0.4 is 15.4 Å². The molecule has 5 nitrogen and oxygen atoms in total. The lowest BCUT2D eigenvalue weighted by molar-refractivity contribution is -0.117. The monoisotopic (exact) mass is 250 g/mol. The second-order valence-corrected chi connectivity index (χ2v) is 4.21. The number of nitrogens with one attached hydrogen (secondary N) is 2. The SMILES string of the molecule is COc1ccc(NC(=O)CC2COCCN2)cc1. The highest BCUT2D eigenvalue weighted by atomic mass is 16.5. The molecule has 1 aliphatic rings. The Bertz CT molecular complexity index is 386. The summed E-state index contributed by atoms with van der Waals surface area (Å²) in [6, 6.07) is 7.38. The van der Waals surface area contributed by atoms with Crippen LogP contribution in [0.2, 0.25) is 0 Å². The van der Waals surface area contributed by atoms with Gasteiger partial charge in [0.1, 0.15) is 5.75 Å². The lowest BCUT2D eigenvalue weighted by Crippen LogP contribution is -2.43. The van der Waals surface area contributed by atoms with Crippen LogP contribution in [-0.2, 0) is 9.53 Å². The molecule has 1 atom stereocenters. The first-order chi connectivity index (χ1) is 8.78. The van der Waals surface area contributed by atoms with Crippen molar-refractivity contribution >= 4 is 11.6 Å². The molecule has 0 aromatic heterocycles. The lowest BCUT2D eigenvalue weighted by atomic mass is 10.2. The van der Waals surface area contributed by atoms with Crippen molar-refractivity contribution in [2.45, 2.75) is 12.5 Å². The molecule has 1 amide bonds. The summed E-state index contributed by atoms with van der Waals surface area (Å²) in [5.74, 6) is 0.763. The molecule has 2 N–H and O–H groups in total. The third kappa shape index (κ3) is 3.72. The Hall–Kier alpha value is -1.59. The van der Waals surface area contributed by atoms with Crippen LogP contribution in [0, 0.1) is 0 Å². The minimum Gasteiger partial charge on any atom is -0.497 e. The molecular weight excluding hydrogens is 232 g/mol. The number of carbonyl (C=O) groups excluding carboxylic acids is 1. The summed E-state index contributed by atoms with van der Waals surface area (Å²) in [6.07, 6.45) is 0.423. The first kappa shape index (κ1) is 12.9. The van der Waals surface area contributed by atoms with Crippen LogP contribution in [0.3, 0.4) is 0 Å². The summed E-state index contributed by atoms with van der Waals surface area (Å²) in [4.78, 5) is 11.8. The summed E-state index contributed by atoms with van der Waals surface area (Å²) >= 11 is 0. The van der Waals surface area contributed by atoms with Gasteiger partial charge in [-0.05, 0) is 24.3 Å². The molecule has 0 spiro atoms. The lowest BCUT2D eigenvalue weighted by Gasteiger charge is -2.23. The average molecular weight is 250 g/mol. The number of methoxy groups -OCH3 is 1. The van der Waals surface area contributed by atoms with Gasteiger partial charge in [-0.2, -0.15) is 0 Å². The van der Waals surface area contributed by atoms with Gasteiger partial charge in [-0.3, -0.25) is 4.79 Å². The van der Waals surface area contributed by atoms with E-state index < -0.39 is 0 Å². The zero-order chi connectivity index (χ0) is 12.8. The fourth-order valence-electron chi connectivity index (χ4n) is 1.86. The molecule has 1 aromatic carbocycles. The van der Waals surface area contributed by atoms with E-state index in [-0.39, 0.29) is 11.9 Å². The molecular formula is C13H18N2O3. The van der Waals surface area contributed by atoms with E-state index in [1.54, 1.807) is 7.11 Å². The molecule has 1 aromatic rings. The third-order valence-corrected chi connectivity index (χ3v) is 2.80. The molecule has 1 saturated heterocycles. The molecule has 5 heteroatoms. The second kappa shape index (κ2) is 6.37. The van der Waals surface area contributed by atoms with E-state index in [1.165, 1.54) is 0 Å². The van der Waals surface area contributed by atoms with Crippen molar-refractivity contribution < 1.29 is 14.3 Å². The highest BCUT2D eigenvalue weighted by molar-refractivity contribution is 5.91. The quantitative estimate of drug-likeness (QED) is 0.837. The topological polar surface area (TPSA) is 59.6 Å². The Morgan fingerprint density at radius 2 is 2.28 bits per heavy atom. The van der Waals surface area contributed by atoms with Gasteiger partial charge < -0.3 is 20.1 Å².